The van der Waals surface area contributed by atoms with Gasteiger partial charge in [0.1, 0.15) is 10.9 Å². The number of rotatable bonds is 5. The van der Waals surface area contributed by atoms with E-state index in [1.54, 1.807) is 37.5 Å². The summed E-state index contributed by atoms with van der Waals surface area (Å²) >= 11 is 18.4. The number of thioether (sulfide) groups is 1. The van der Waals surface area contributed by atoms with Crippen LogP contribution in [0.5, 0.6) is 11.5 Å². The molecule has 0 atom stereocenters. The fourth-order valence-corrected chi connectivity index (χ4v) is 3.81. The summed E-state index contributed by atoms with van der Waals surface area (Å²) in [4.78, 5) is 12.4. The van der Waals surface area contributed by atoms with Crippen LogP contribution in [0, 0.1) is 0 Å². The minimum Gasteiger partial charge on any atom is -0.493 e. The largest absolute Gasteiger partial charge is 0.493 e. The van der Waals surface area contributed by atoms with E-state index in [4.69, 9.17) is 44.9 Å². The number of amides is 1. The zero-order valence-electron chi connectivity index (χ0n) is 13.5. The fourth-order valence-electron chi connectivity index (χ4n) is 2.31. The number of ether oxygens (including phenoxy) is 2. The number of para-hydroxylation sites is 1. The molecule has 3 rings (SSSR count). The molecule has 4 nitrogen and oxygen atoms in total. The maximum Gasteiger partial charge on any atom is 0.263 e. The second-order valence-corrected chi connectivity index (χ2v) is 7.82. The standard InChI is InChI=1S/C18H13Cl2NO3S2/c1-23-14-4-2-3-10(7-15-17(22)21-18(25)26-15)16(14)24-9-11-5-6-12(19)8-13(11)20/h2-8H,9H2,1H3,(H,21,22,25). The molecule has 0 spiro atoms. The van der Waals surface area contributed by atoms with Gasteiger partial charge in [0.2, 0.25) is 0 Å². The van der Waals surface area contributed by atoms with Crippen molar-refractivity contribution in [3.05, 3.63) is 62.5 Å². The van der Waals surface area contributed by atoms with Crippen LogP contribution in [0.25, 0.3) is 6.08 Å². The van der Waals surface area contributed by atoms with E-state index < -0.39 is 0 Å². The fraction of sp³-hybridized carbons (Fsp3) is 0.111. The molecule has 1 fully saturated rings. The van der Waals surface area contributed by atoms with E-state index in [9.17, 15) is 4.79 Å². The molecule has 1 aliphatic heterocycles. The topological polar surface area (TPSA) is 47.6 Å². The van der Waals surface area contributed by atoms with Gasteiger partial charge < -0.3 is 14.8 Å². The number of methoxy groups -OCH3 is 1. The molecule has 1 saturated heterocycles. The molecule has 1 aliphatic rings. The van der Waals surface area contributed by atoms with Gasteiger partial charge in [-0.05, 0) is 24.3 Å². The van der Waals surface area contributed by atoms with Gasteiger partial charge in [0.15, 0.2) is 11.5 Å². The Morgan fingerprint density at radius 1 is 1.27 bits per heavy atom. The van der Waals surface area contributed by atoms with E-state index in [1.807, 2.05) is 12.1 Å². The van der Waals surface area contributed by atoms with Gasteiger partial charge >= 0.3 is 0 Å². The van der Waals surface area contributed by atoms with Gasteiger partial charge in [-0.3, -0.25) is 4.79 Å². The van der Waals surface area contributed by atoms with Gasteiger partial charge in [-0.1, -0.05) is 65.4 Å². The van der Waals surface area contributed by atoms with Crippen LogP contribution in [0.3, 0.4) is 0 Å². The van der Waals surface area contributed by atoms with Crippen molar-refractivity contribution in [1.29, 1.82) is 0 Å². The zero-order valence-corrected chi connectivity index (χ0v) is 16.7. The minimum absolute atomic E-state index is 0.226. The summed E-state index contributed by atoms with van der Waals surface area (Å²) in [6.07, 6.45) is 1.72. The molecule has 1 N–H and O–H groups in total. The predicted molar refractivity (Wildman–Crippen MR) is 110 cm³/mol. The normalized spacial score (nSPS) is 15.3. The molecule has 0 radical (unpaired) electrons. The number of halogens is 2. The first kappa shape index (κ1) is 19.0. The highest BCUT2D eigenvalue weighted by molar-refractivity contribution is 8.26. The van der Waals surface area contributed by atoms with Crippen molar-refractivity contribution >= 4 is 63.5 Å². The van der Waals surface area contributed by atoms with Crippen molar-refractivity contribution in [1.82, 2.24) is 5.32 Å². The Balaban J connectivity index is 1.91. The molecule has 2 aromatic rings. The number of hydrogen-bond acceptors (Lipinski definition) is 5. The van der Waals surface area contributed by atoms with Crippen molar-refractivity contribution < 1.29 is 14.3 Å². The maximum absolute atomic E-state index is 11.9. The average Bonchev–Trinajstić information content (AvgIpc) is 2.92. The third-order valence-corrected chi connectivity index (χ3v) is 5.29. The number of carbonyl (C=O) groups is 1. The molecular formula is C18H13Cl2NO3S2. The second-order valence-electron chi connectivity index (χ2n) is 5.26. The van der Waals surface area contributed by atoms with E-state index >= 15 is 0 Å². The van der Waals surface area contributed by atoms with Gasteiger partial charge in [-0.15, -0.1) is 0 Å². The maximum atomic E-state index is 11.9. The van der Waals surface area contributed by atoms with Crippen molar-refractivity contribution in [3.63, 3.8) is 0 Å². The molecule has 1 amide bonds. The molecule has 0 aliphatic carbocycles. The third kappa shape index (κ3) is 4.32. The lowest BCUT2D eigenvalue weighted by Crippen LogP contribution is -2.17. The van der Waals surface area contributed by atoms with Crippen LogP contribution >= 0.6 is 47.2 Å². The lowest BCUT2D eigenvalue weighted by Gasteiger charge is -2.14. The van der Waals surface area contributed by atoms with Crippen LogP contribution in [0.2, 0.25) is 10.0 Å². The summed E-state index contributed by atoms with van der Waals surface area (Å²) in [5.74, 6) is 0.838. The first-order valence-electron chi connectivity index (χ1n) is 7.46. The van der Waals surface area contributed by atoms with Crippen molar-refractivity contribution in [2.45, 2.75) is 6.61 Å². The van der Waals surface area contributed by atoms with Gasteiger partial charge in [0.25, 0.3) is 5.91 Å². The Bertz CT molecular complexity index is 915. The van der Waals surface area contributed by atoms with Crippen LogP contribution in [0.15, 0.2) is 41.3 Å². The average molecular weight is 426 g/mol. The van der Waals surface area contributed by atoms with Crippen molar-refractivity contribution in [2.75, 3.05) is 7.11 Å². The summed E-state index contributed by atoms with van der Waals surface area (Å²) in [5.41, 5.74) is 1.49. The Morgan fingerprint density at radius 3 is 2.73 bits per heavy atom. The number of benzene rings is 2. The van der Waals surface area contributed by atoms with Gasteiger partial charge in [0.05, 0.1) is 12.0 Å². The predicted octanol–water partition coefficient (Wildman–Crippen LogP) is 5.07. The van der Waals surface area contributed by atoms with Crippen LogP contribution in [0.1, 0.15) is 11.1 Å². The molecule has 8 heteroatoms. The first-order valence-corrected chi connectivity index (χ1v) is 9.44. The molecule has 26 heavy (non-hydrogen) atoms. The smallest absolute Gasteiger partial charge is 0.263 e. The highest BCUT2D eigenvalue weighted by Crippen LogP contribution is 2.36. The lowest BCUT2D eigenvalue weighted by atomic mass is 10.1. The lowest BCUT2D eigenvalue weighted by molar-refractivity contribution is -0.115. The summed E-state index contributed by atoms with van der Waals surface area (Å²) in [7, 11) is 1.56. The Hall–Kier alpha value is -1.73. The number of thiocarbonyl (C=S) groups is 1. The Morgan fingerprint density at radius 2 is 2.08 bits per heavy atom. The highest BCUT2D eigenvalue weighted by Gasteiger charge is 2.23. The molecule has 1 heterocycles. The molecule has 2 aromatic carbocycles. The molecule has 0 bridgehead atoms. The van der Waals surface area contributed by atoms with Crippen molar-refractivity contribution in [2.24, 2.45) is 0 Å². The molecule has 0 saturated carbocycles. The third-order valence-electron chi connectivity index (χ3n) is 3.55. The second kappa shape index (κ2) is 8.31. The minimum atomic E-state index is -0.227. The monoisotopic (exact) mass is 425 g/mol. The Kier molecular flexibility index (Phi) is 6.09. The van der Waals surface area contributed by atoms with Crippen molar-refractivity contribution in [3.8, 4) is 11.5 Å². The van der Waals surface area contributed by atoms with Gasteiger partial charge in [0, 0.05) is 21.2 Å². The van der Waals surface area contributed by atoms with Crippen LogP contribution in [0.4, 0.5) is 0 Å². The Labute approximate surface area is 170 Å². The molecule has 0 aromatic heterocycles. The van der Waals surface area contributed by atoms with E-state index in [1.165, 1.54) is 11.8 Å². The molecule has 0 unspecified atom stereocenters. The number of nitrogens with one attached hydrogen (secondary N) is 1. The van der Waals surface area contributed by atoms with E-state index in [2.05, 4.69) is 5.32 Å². The summed E-state index contributed by atoms with van der Waals surface area (Å²) in [6, 6.07) is 10.7. The van der Waals surface area contributed by atoms with Gasteiger partial charge in [-0.25, -0.2) is 0 Å². The first-order chi connectivity index (χ1) is 12.5. The quantitative estimate of drug-likeness (QED) is 0.535. The van der Waals surface area contributed by atoms with Crippen LogP contribution in [-0.2, 0) is 11.4 Å². The zero-order chi connectivity index (χ0) is 18.7. The number of carbonyl (C=O) groups excluding carboxylic acids is 1. The summed E-state index contributed by atoms with van der Waals surface area (Å²) in [6.45, 7) is 0.226. The summed E-state index contributed by atoms with van der Waals surface area (Å²) < 4.78 is 11.8. The molecular weight excluding hydrogens is 413 g/mol. The highest BCUT2D eigenvalue weighted by atomic mass is 35.5. The molecule has 134 valence electrons. The van der Waals surface area contributed by atoms with Gasteiger partial charge in [-0.2, -0.15) is 0 Å². The van der Waals surface area contributed by atoms with E-state index in [-0.39, 0.29) is 12.5 Å². The van der Waals surface area contributed by atoms with E-state index in [0.29, 0.717) is 36.3 Å². The van der Waals surface area contributed by atoms with E-state index in [0.717, 1.165) is 5.56 Å². The SMILES string of the molecule is COc1cccc(C=C2SC(=S)NC2=O)c1OCc1ccc(Cl)cc1Cl. The van der Waals surface area contributed by atoms with Crippen LogP contribution < -0.4 is 14.8 Å². The number of hydrogen-bond donors (Lipinski definition) is 1. The summed E-state index contributed by atoms with van der Waals surface area (Å²) in [5, 5.41) is 3.67. The van der Waals surface area contributed by atoms with Crippen LogP contribution in [-0.4, -0.2) is 17.3 Å².